The number of fused-ring (bicyclic) bond motifs is 2. The lowest BCUT2D eigenvalue weighted by atomic mass is 10.0. The molecular weight excluding hydrogens is 404 g/mol. The van der Waals surface area contributed by atoms with Crippen LogP contribution < -0.4 is 4.90 Å². The number of rotatable bonds is 9. The molecular formula is C24H32N6O2. The minimum absolute atomic E-state index is 0.127. The van der Waals surface area contributed by atoms with Crippen LogP contribution in [0, 0.1) is 6.92 Å². The van der Waals surface area contributed by atoms with Gasteiger partial charge in [0.2, 0.25) is 5.91 Å². The molecule has 0 fully saturated rings. The van der Waals surface area contributed by atoms with Crippen molar-refractivity contribution in [3.05, 3.63) is 47.2 Å². The number of ether oxygens (including phenoxy) is 1. The van der Waals surface area contributed by atoms with Crippen molar-refractivity contribution in [2.45, 2.75) is 52.7 Å². The number of imidazole rings is 1. The van der Waals surface area contributed by atoms with Crippen LogP contribution in [0.15, 0.2) is 24.3 Å². The number of para-hydroxylation sites is 2. The van der Waals surface area contributed by atoms with E-state index in [2.05, 4.69) is 35.6 Å². The van der Waals surface area contributed by atoms with Crippen LogP contribution in [0.1, 0.15) is 42.7 Å². The molecule has 8 nitrogen and oxygen atoms in total. The van der Waals surface area contributed by atoms with Gasteiger partial charge in [-0.05, 0) is 45.9 Å². The Morgan fingerprint density at radius 3 is 2.72 bits per heavy atom. The lowest BCUT2D eigenvalue weighted by Crippen LogP contribution is -2.38. The molecule has 0 aliphatic carbocycles. The molecule has 0 radical (unpaired) electrons. The minimum atomic E-state index is 0.127. The van der Waals surface area contributed by atoms with E-state index in [1.54, 1.807) is 7.11 Å². The Kier molecular flexibility index (Phi) is 6.81. The number of aromatic nitrogens is 4. The predicted molar refractivity (Wildman–Crippen MR) is 125 cm³/mol. The average Bonchev–Trinajstić information content (AvgIpc) is 3.12. The molecule has 0 N–H and O–H groups in total. The smallest absolute Gasteiger partial charge is 0.228 e. The Hall–Kier alpha value is -2.84. The van der Waals surface area contributed by atoms with Gasteiger partial charge in [-0.15, -0.1) is 0 Å². The zero-order valence-electron chi connectivity index (χ0n) is 19.5. The molecule has 1 aliphatic heterocycles. The molecule has 0 spiro atoms. The Morgan fingerprint density at radius 1 is 1.12 bits per heavy atom. The zero-order valence-corrected chi connectivity index (χ0v) is 19.5. The van der Waals surface area contributed by atoms with Gasteiger partial charge in [-0.25, -0.2) is 15.0 Å². The molecule has 0 saturated carbocycles. The van der Waals surface area contributed by atoms with Gasteiger partial charge in [-0.1, -0.05) is 12.1 Å². The number of anilines is 1. The molecule has 0 atom stereocenters. The summed E-state index contributed by atoms with van der Waals surface area (Å²) in [6.07, 6.45) is 2.00. The quantitative estimate of drug-likeness (QED) is 0.480. The number of hydrogen-bond donors (Lipinski definition) is 0. The maximum Gasteiger partial charge on any atom is 0.228 e. The van der Waals surface area contributed by atoms with E-state index in [4.69, 9.17) is 19.7 Å². The van der Waals surface area contributed by atoms with Crippen molar-refractivity contribution in [1.82, 2.24) is 24.4 Å². The molecule has 4 rings (SSSR count). The van der Waals surface area contributed by atoms with Gasteiger partial charge in [0.1, 0.15) is 17.5 Å². The molecule has 0 saturated heterocycles. The molecule has 1 amide bonds. The first-order valence-electron chi connectivity index (χ1n) is 11.3. The van der Waals surface area contributed by atoms with Crippen LogP contribution in [0.3, 0.4) is 0 Å². The number of benzene rings is 1. The van der Waals surface area contributed by atoms with Crippen molar-refractivity contribution in [3.63, 3.8) is 0 Å². The Labute approximate surface area is 189 Å². The standard InChI is InChI=1S/C24H32N6O2/c1-5-29-20-10-7-6-9-19(20)26-22(29)16-28(3)15-21-25-17(2)18-11-12-23(31)30(24(18)27-21)13-8-14-32-4/h6-7,9-10H,5,8,11-16H2,1-4H3. The Morgan fingerprint density at radius 2 is 1.94 bits per heavy atom. The lowest BCUT2D eigenvalue weighted by Gasteiger charge is -2.29. The van der Waals surface area contributed by atoms with E-state index in [0.29, 0.717) is 39.1 Å². The largest absolute Gasteiger partial charge is 0.385 e. The van der Waals surface area contributed by atoms with Crippen LogP contribution in [-0.2, 0) is 35.6 Å². The van der Waals surface area contributed by atoms with E-state index in [1.165, 1.54) is 0 Å². The van der Waals surface area contributed by atoms with Crippen LogP contribution in [0.25, 0.3) is 11.0 Å². The van der Waals surface area contributed by atoms with Gasteiger partial charge in [0.15, 0.2) is 0 Å². The van der Waals surface area contributed by atoms with E-state index in [9.17, 15) is 4.79 Å². The summed E-state index contributed by atoms with van der Waals surface area (Å²) in [7, 11) is 3.73. The monoisotopic (exact) mass is 436 g/mol. The van der Waals surface area contributed by atoms with Gasteiger partial charge in [0.05, 0.1) is 24.1 Å². The van der Waals surface area contributed by atoms with Crippen LogP contribution in [-0.4, -0.2) is 57.6 Å². The first-order chi connectivity index (χ1) is 15.5. The number of carbonyl (C=O) groups excluding carboxylic acids is 1. The van der Waals surface area contributed by atoms with Crippen molar-refractivity contribution in [2.24, 2.45) is 0 Å². The van der Waals surface area contributed by atoms with Crippen LogP contribution in [0.2, 0.25) is 0 Å². The molecule has 0 unspecified atom stereocenters. The fraction of sp³-hybridized carbons (Fsp3) is 0.500. The van der Waals surface area contributed by atoms with Crippen molar-refractivity contribution in [3.8, 4) is 0 Å². The first-order valence-corrected chi connectivity index (χ1v) is 11.3. The van der Waals surface area contributed by atoms with Crippen molar-refractivity contribution >= 4 is 22.8 Å². The van der Waals surface area contributed by atoms with E-state index >= 15 is 0 Å². The summed E-state index contributed by atoms with van der Waals surface area (Å²) in [5, 5.41) is 0. The average molecular weight is 437 g/mol. The Balaban J connectivity index is 1.55. The van der Waals surface area contributed by atoms with Crippen LogP contribution >= 0.6 is 0 Å². The molecule has 3 heterocycles. The third-order valence-electron chi connectivity index (χ3n) is 5.99. The summed E-state index contributed by atoms with van der Waals surface area (Å²) in [4.78, 5) is 31.0. The lowest BCUT2D eigenvalue weighted by molar-refractivity contribution is -0.119. The number of methoxy groups -OCH3 is 1. The van der Waals surface area contributed by atoms with Crippen molar-refractivity contribution in [1.29, 1.82) is 0 Å². The third-order valence-corrected chi connectivity index (χ3v) is 5.99. The summed E-state index contributed by atoms with van der Waals surface area (Å²) < 4.78 is 7.42. The highest BCUT2D eigenvalue weighted by atomic mass is 16.5. The highest BCUT2D eigenvalue weighted by Crippen LogP contribution is 2.28. The predicted octanol–water partition coefficient (Wildman–Crippen LogP) is 3.10. The first kappa shape index (κ1) is 22.4. The molecule has 170 valence electrons. The fourth-order valence-electron chi connectivity index (χ4n) is 4.44. The summed E-state index contributed by atoms with van der Waals surface area (Å²) in [6, 6.07) is 8.23. The van der Waals surface area contributed by atoms with Crippen molar-refractivity contribution in [2.75, 3.05) is 32.2 Å². The molecule has 8 heteroatoms. The van der Waals surface area contributed by atoms with Crippen molar-refractivity contribution < 1.29 is 9.53 Å². The molecule has 0 bridgehead atoms. The van der Waals surface area contributed by atoms with E-state index < -0.39 is 0 Å². The second-order valence-corrected chi connectivity index (χ2v) is 8.35. The Bertz CT molecular complexity index is 1110. The zero-order chi connectivity index (χ0) is 22.7. The number of carbonyl (C=O) groups is 1. The second kappa shape index (κ2) is 9.75. The van der Waals surface area contributed by atoms with E-state index in [-0.39, 0.29) is 5.91 Å². The molecule has 1 aliphatic rings. The van der Waals surface area contributed by atoms with Gasteiger partial charge in [-0.3, -0.25) is 14.6 Å². The molecule has 2 aromatic heterocycles. The summed E-state index contributed by atoms with van der Waals surface area (Å²) >= 11 is 0. The summed E-state index contributed by atoms with van der Waals surface area (Å²) in [6.45, 7) is 7.55. The maximum atomic E-state index is 12.6. The van der Waals surface area contributed by atoms with E-state index in [1.807, 2.05) is 24.0 Å². The van der Waals surface area contributed by atoms with Crippen LogP contribution in [0.4, 0.5) is 5.82 Å². The minimum Gasteiger partial charge on any atom is -0.385 e. The van der Waals surface area contributed by atoms with Gasteiger partial charge >= 0.3 is 0 Å². The number of hydrogen-bond acceptors (Lipinski definition) is 6. The van der Waals surface area contributed by atoms with Gasteiger partial charge in [0, 0.05) is 44.5 Å². The van der Waals surface area contributed by atoms with Crippen LogP contribution in [0.5, 0.6) is 0 Å². The SMILES string of the molecule is CCn1c(CN(C)Cc2nc(C)c3c(n2)N(CCCOC)C(=O)CC3)nc2ccccc21. The summed E-state index contributed by atoms with van der Waals surface area (Å²) in [5.41, 5.74) is 4.22. The second-order valence-electron chi connectivity index (χ2n) is 8.35. The van der Waals surface area contributed by atoms with Gasteiger partial charge < -0.3 is 9.30 Å². The fourth-order valence-corrected chi connectivity index (χ4v) is 4.44. The maximum absolute atomic E-state index is 12.6. The molecule has 1 aromatic carbocycles. The summed E-state index contributed by atoms with van der Waals surface area (Å²) in [5.74, 6) is 2.66. The molecule has 3 aromatic rings. The molecule has 32 heavy (non-hydrogen) atoms. The van der Waals surface area contributed by atoms with Gasteiger partial charge in [-0.2, -0.15) is 0 Å². The number of nitrogens with zero attached hydrogens (tertiary/aromatic N) is 6. The topological polar surface area (TPSA) is 76.4 Å². The highest BCUT2D eigenvalue weighted by molar-refractivity contribution is 5.95. The van der Waals surface area contributed by atoms with Gasteiger partial charge in [0.25, 0.3) is 0 Å². The normalized spacial score (nSPS) is 13.9. The highest BCUT2D eigenvalue weighted by Gasteiger charge is 2.28. The number of amides is 1. The van der Waals surface area contributed by atoms with E-state index in [0.717, 1.165) is 52.7 Å². The number of aryl methyl sites for hydroxylation is 2. The third kappa shape index (κ3) is 4.52.